The van der Waals surface area contributed by atoms with Crippen molar-refractivity contribution >= 4 is 23.2 Å². The molecule has 0 fully saturated rings. The fraction of sp³-hybridized carbons (Fsp3) is 0.0625. The molecule has 7 heteroatoms. The number of anilines is 1. The van der Waals surface area contributed by atoms with E-state index in [0.717, 1.165) is 5.56 Å². The first-order valence-corrected chi connectivity index (χ1v) is 7.30. The Balaban J connectivity index is 1.94. The van der Waals surface area contributed by atoms with Crippen molar-refractivity contribution in [1.82, 2.24) is 14.8 Å². The predicted molar refractivity (Wildman–Crippen MR) is 88.7 cm³/mol. The van der Waals surface area contributed by atoms with Crippen molar-refractivity contribution in [2.45, 2.75) is 6.54 Å². The van der Waals surface area contributed by atoms with Crippen LogP contribution in [-0.2, 0) is 6.54 Å². The van der Waals surface area contributed by atoms with Crippen LogP contribution in [0.2, 0.25) is 5.02 Å². The number of rotatable bonds is 4. The van der Waals surface area contributed by atoms with Crippen LogP contribution in [0.25, 0.3) is 5.69 Å². The highest BCUT2D eigenvalue weighted by atomic mass is 35.5. The van der Waals surface area contributed by atoms with E-state index in [1.165, 1.54) is 17.3 Å². The van der Waals surface area contributed by atoms with Crippen LogP contribution in [0.5, 0.6) is 0 Å². The van der Waals surface area contributed by atoms with Crippen molar-refractivity contribution in [3.05, 3.63) is 71.3 Å². The van der Waals surface area contributed by atoms with Crippen LogP contribution in [0, 0.1) is 0 Å². The molecule has 1 amide bonds. The molecule has 0 aliphatic heterocycles. The molecule has 23 heavy (non-hydrogen) atoms. The molecule has 0 unspecified atom stereocenters. The van der Waals surface area contributed by atoms with Gasteiger partial charge < -0.3 is 11.1 Å². The molecule has 0 spiro atoms. The third kappa shape index (κ3) is 3.39. The van der Waals surface area contributed by atoms with E-state index in [4.69, 9.17) is 17.3 Å². The van der Waals surface area contributed by atoms with E-state index in [1.54, 1.807) is 24.3 Å². The van der Waals surface area contributed by atoms with Crippen molar-refractivity contribution in [1.29, 1.82) is 0 Å². The van der Waals surface area contributed by atoms with E-state index in [2.05, 4.69) is 15.4 Å². The predicted octanol–water partition coefficient (Wildman–Crippen LogP) is 2.63. The van der Waals surface area contributed by atoms with Crippen molar-refractivity contribution in [3.8, 4) is 5.69 Å². The smallest absolute Gasteiger partial charge is 0.257 e. The lowest BCUT2D eigenvalue weighted by Crippen LogP contribution is -2.15. The normalized spacial score (nSPS) is 10.5. The van der Waals surface area contributed by atoms with E-state index in [-0.39, 0.29) is 5.91 Å². The van der Waals surface area contributed by atoms with Gasteiger partial charge >= 0.3 is 0 Å². The first-order chi connectivity index (χ1) is 11.2. The minimum absolute atomic E-state index is 0.285. The SMILES string of the molecule is NCc1cccc(NC(=O)c2cc(Cl)ccc2-n2cncn2)c1. The summed E-state index contributed by atoms with van der Waals surface area (Å²) < 4.78 is 1.52. The molecular formula is C16H14ClN5O. The van der Waals surface area contributed by atoms with E-state index in [0.29, 0.717) is 28.5 Å². The van der Waals surface area contributed by atoms with Crippen molar-refractivity contribution in [2.24, 2.45) is 5.73 Å². The Hall–Kier alpha value is -2.70. The van der Waals surface area contributed by atoms with E-state index in [9.17, 15) is 4.79 Å². The monoisotopic (exact) mass is 327 g/mol. The van der Waals surface area contributed by atoms with Gasteiger partial charge in [0.25, 0.3) is 5.91 Å². The number of halogens is 1. The summed E-state index contributed by atoms with van der Waals surface area (Å²) in [4.78, 5) is 16.5. The molecule has 116 valence electrons. The summed E-state index contributed by atoms with van der Waals surface area (Å²) in [5.41, 5.74) is 8.23. The summed E-state index contributed by atoms with van der Waals surface area (Å²) >= 11 is 6.03. The standard InChI is InChI=1S/C16H14ClN5O/c17-12-4-5-15(22-10-19-9-20-22)14(7-12)16(23)21-13-3-1-2-11(6-13)8-18/h1-7,9-10H,8,18H2,(H,21,23). The quantitative estimate of drug-likeness (QED) is 0.771. The lowest BCUT2D eigenvalue weighted by molar-refractivity contribution is 0.102. The van der Waals surface area contributed by atoms with Crippen LogP contribution >= 0.6 is 11.6 Å². The first kappa shape index (κ1) is 15.2. The molecule has 3 aromatic rings. The summed E-state index contributed by atoms with van der Waals surface area (Å²) in [5, 5.41) is 7.37. The number of nitrogens with one attached hydrogen (secondary N) is 1. The fourth-order valence-electron chi connectivity index (χ4n) is 2.20. The summed E-state index contributed by atoms with van der Waals surface area (Å²) in [7, 11) is 0. The first-order valence-electron chi connectivity index (χ1n) is 6.92. The number of benzene rings is 2. The number of nitrogens with two attached hydrogens (primary N) is 1. The van der Waals surface area contributed by atoms with Gasteiger partial charge in [0.1, 0.15) is 12.7 Å². The molecular weight excluding hydrogens is 314 g/mol. The maximum absolute atomic E-state index is 12.6. The van der Waals surface area contributed by atoms with Gasteiger partial charge in [-0.05, 0) is 35.9 Å². The van der Waals surface area contributed by atoms with Crippen LogP contribution in [0.1, 0.15) is 15.9 Å². The minimum atomic E-state index is -0.285. The molecule has 0 atom stereocenters. The van der Waals surface area contributed by atoms with Crippen LogP contribution in [0.4, 0.5) is 5.69 Å². The summed E-state index contributed by atoms with van der Waals surface area (Å²) in [6, 6.07) is 12.4. The zero-order valence-electron chi connectivity index (χ0n) is 12.1. The topological polar surface area (TPSA) is 85.8 Å². The van der Waals surface area contributed by atoms with Gasteiger partial charge in [0.05, 0.1) is 11.3 Å². The summed E-state index contributed by atoms with van der Waals surface area (Å²) in [6.45, 7) is 0.408. The van der Waals surface area contributed by atoms with Crippen molar-refractivity contribution in [2.75, 3.05) is 5.32 Å². The molecule has 0 saturated heterocycles. The Morgan fingerprint density at radius 3 is 2.87 bits per heavy atom. The number of carbonyl (C=O) groups excluding carboxylic acids is 1. The van der Waals surface area contributed by atoms with Gasteiger partial charge in [0, 0.05) is 17.3 Å². The second-order valence-electron chi connectivity index (χ2n) is 4.86. The van der Waals surface area contributed by atoms with Crippen molar-refractivity contribution < 1.29 is 4.79 Å². The van der Waals surface area contributed by atoms with Gasteiger partial charge in [-0.3, -0.25) is 4.79 Å². The Morgan fingerprint density at radius 2 is 2.13 bits per heavy atom. The second kappa shape index (κ2) is 6.60. The van der Waals surface area contributed by atoms with Gasteiger partial charge in [-0.2, -0.15) is 5.10 Å². The molecule has 2 aromatic carbocycles. The summed E-state index contributed by atoms with van der Waals surface area (Å²) in [5.74, 6) is -0.285. The molecule has 0 aliphatic carbocycles. The van der Waals surface area contributed by atoms with Crippen LogP contribution in [0.3, 0.4) is 0 Å². The summed E-state index contributed by atoms with van der Waals surface area (Å²) in [6.07, 6.45) is 2.93. The fourth-order valence-corrected chi connectivity index (χ4v) is 2.37. The highest BCUT2D eigenvalue weighted by molar-refractivity contribution is 6.31. The molecule has 1 heterocycles. The lowest BCUT2D eigenvalue weighted by Gasteiger charge is -2.11. The number of amides is 1. The largest absolute Gasteiger partial charge is 0.326 e. The molecule has 0 radical (unpaired) electrons. The maximum atomic E-state index is 12.6. The Bertz CT molecular complexity index is 832. The lowest BCUT2D eigenvalue weighted by atomic mass is 10.1. The molecule has 3 rings (SSSR count). The van der Waals surface area contributed by atoms with Gasteiger partial charge in [0.2, 0.25) is 0 Å². The molecule has 0 saturated carbocycles. The molecule has 1 aromatic heterocycles. The van der Waals surface area contributed by atoms with Crippen LogP contribution in [-0.4, -0.2) is 20.7 Å². The van der Waals surface area contributed by atoms with Gasteiger partial charge in [-0.25, -0.2) is 9.67 Å². The number of hydrogen-bond donors (Lipinski definition) is 2. The highest BCUT2D eigenvalue weighted by Gasteiger charge is 2.14. The minimum Gasteiger partial charge on any atom is -0.326 e. The van der Waals surface area contributed by atoms with Gasteiger partial charge in [0.15, 0.2) is 0 Å². The van der Waals surface area contributed by atoms with Crippen molar-refractivity contribution in [3.63, 3.8) is 0 Å². The van der Waals surface area contributed by atoms with Gasteiger partial charge in [-0.1, -0.05) is 23.7 Å². The average molecular weight is 328 g/mol. The van der Waals surface area contributed by atoms with E-state index < -0.39 is 0 Å². The number of hydrogen-bond acceptors (Lipinski definition) is 4. The molecule has 3 N–H and O–H groups in total. The third-order valence-corrected chi connectivity index (χ3v) is 3.52. The number of aromatic nitrogens is 3. The second-order valence-corrected chi connectivity index (χ2v) is 5.30. The maximum Gasteiger partial charge on any atom is 0.257 e. The van der Waals surface area contributed by atoms with E-state index in [1.807, 2.05) is 18.2 Å². The Morgan fingerprint density at radius 1 is 1.26 bits per heavy atom. The van der Waals surface area contributed by atoms with E-state index >= 15 is 0 Å². The molecule has 0 bridgehead atoms. The van der Waals surface area contributed by atoms with Gasteiger partial charge in [-0.15, -0.1) is 0 Å². The zero-order chi connectivity index (χ0) is 16.2. The number of carbonyl (C=O) groups is 1. The highest BCUT2D eigenvalue weighted by Crippen LogP contribution is 2.21. The van der Waals surface area contributed by atoms with Crippen LogP contribution < -0.4 is 11.1 Å². The third-order valence-electron chi connectivity index (χ3n) is 3.29. The Labute approximate surface area is 137 Å². The average Bonchev–Trinajstić information content (AvgIpc) is 3.09. The van der Waals surface area contributed by atoms with Crippen LogP contribution in [0.15, 0.2) is 55.1 Å². The molecule has 6 nitrogen and oxygen atoms in total. The molecule has 0 aliphatic rings. The zero-order valence-corrected chi connectivity index (χ0v) is 12.9. The number of nitrogens with zero attached hydrogens (tertiary/aromatic N) is 3. The Kier molecular flexibility index (Phi) is 4.36.